The summed E-state index contributed by atoms with van der Waals surface area (Å²) in [5, 5.41) is 14.1. The molecule has 0 aliphatic heterocycles. The summed E-state index contributed by atoms with van der Waals surface area (Å²) in [6.45, 7) is 0.381. The number of aromatic nitrogens is 1. The number of ether oxygens (including phenoxy) is 1. The van der Waals surface area contributed by atoms with Gasteiger partial charge in [0.2, 0.25) is 0 Å². The Labute approximate surface area is 141 Å². The molecule has 1 N–H and O–H groups in total. The van der Waals surface area contributed by atoms with E-state index >= 15 is 0 Å². The minimum absolute atomic E-state index is 0.0850. The van der Waals surface area contributed by atoms with Gasteiger partial charge in [0.15, 0.2) is 0 Å². The van der Waals surface area contributed by atoms with Crippen LogP contribution in [0.5, 0.6) is 0 Å². The lowest BCUT2D eigenvalue weighted by Crippen LogP contribution is -2.14. The number of benzene rings is 1. The summed E-state index contributed by atoms with van der Waals surface area (Å²) in [5.74, 6) is -0.106. The Bertz CT molecular complexity index is 702. The van der Waals surface area contributed by atoms with Gasteiger partial charge in [-0.1, -0.05) is 23.2 Å². The summed E-state index contributed by atoms with van der Waals surface area (Å²) in [6, 6.07) is 7.23. The Kier molecular flexibility index (Phi) is 5.72. The van der Waals surface area contributed by atoms with Crippen molar-refractivity contribution in [2.75, 3.05) is 18.5 Å². The number of carbonyl (C=O) groups excluding carboxylic acids is 1. The lowest BCUT2D eigenvalue weighted by Gasteiger charge is -2.07. The molecule has 0 aliphatic carbocycles. The summed E-state index contributed by atoms with van der Waals surface area (Å²) < 4.78 is 5.07. The number of nitrogens with one attached hydrogen (secondary N) is 1. The van der Waals surface area contributed by atoms with Crippen LogP contribution in [0.25, 0.3) is 0 Å². The third-order valence-corrected chi connectivity index (χ3v) is 3.13. The van der Waals surface area contributed by atoms with Crippen LogP contribution in [0.1, 0.15) is 10.4 Å². The largest absolute Gasteiger partial charge is 0.460 e. The van der Waals surface area contributed by atoms with Crippen LogP contribution in [-0.4, -0.2) is 29.0 Å². The molecule has 0 saturated carbocycles. The zero-order valence-corrected chi connectivity index (χ0v) is 13.2. The molecule has 2 aromatic rings. The number of nitrogens with zero attached hydrogens (tertiary/aromatic N) is 2. The second kappa shape index (κ2) is 7.75. The molecule has 0 fully saturated rings. The third-order valence-electron chi connectivity index (χ3n) is 2.70. The van der Waals surface area contributed by atoms with Crippen molar-refractivity contribution in [2.24, 2.45) is 0 Å². The zero-order valence-electron chi connectivity index (χ0n) is 11.7. The number of pyridine rings is 1. The minimum Gasteiger partial charge on any atom is -0.460 e. The molecule has 0 radical (unpaired) electrons. The van der Waals surface area contributed by atoms with E-state index in [0.717, 1.165) is 6.20 Å². The molecule has 0 bridgehead atoms. The van der Waals surface area contributed by atoms with Crippen LogP contribution < -0.4 is 5.32 Å². The summed E-state index contributed by atoms with van der Waals surface area (Å²) >= 11 is 11.6. The number of carbonyl (C=O) groups is 1. The topological polar surface area (TPSA) is 94.4 Å². The SMILES string of the molecule is O=C(OCCNc1ccc([N+](=O)[O-])cn1)c1cc(Cl)cc(Cl)c1. The first-order chi connectivity index (χ1) is 11.0. The maximum atomic E-state index is 11.8. The second-order valence-electron chi connectivity index (χ2n) is 4.38. The molecule has 9 heteroatoms. The highest BCUT2D eigenvalue weighted by molar-refractivity contribution is 6.35. The van der Waals surface area contributed by atoms with E-state index in [2.05, 4.69) is 10.3 Å². The lowest BCUT2D eigenvalue weighted by atomic mass is 10.2. The molecule has 1 heterocycles. The van der Waals surface area contributed by atoms with E-state index in [9.17, 15) is 14.9 Å². The first-order valence-electron chi connectivity index (χ1n) is 6.43. The summed E-state index contributed by atoms with van der Waals surface area (Å²) in [4.78, 5) is 25.7. The number of hydrogen-bond acceptors (Lipinski definition) is 6. The highest BCUT2D eigenvalue weighted by Gasteiger charge is 2.09. The first-order valence-corrected chi connectivity index (χ1v) is 7.19. The molecule has 120 valence electrons. The highest BCUT2D eigenvalue weighted by Crippen LogP contribution is 2.19. The van der Waals surface area contributed by atoms with Gasteiger partial charge in [0.25, 0.3) is 5.69 Å². The Hall–Kier alpha value is -2.38. The maximum Gasteiger partial charge on any atom is 0.338 e. The molecule has 23 heavy (non-hydrogen) atoms. The lowest BCUT2D eigenvalue weighted by molar-refractivity contribution is -0.385. The second-order valence-corrected chi connectivity index (χ2v) is 5.25. The van der Waals surface area contributed by atoms with Crippen molar-refractivity contribution in [3.8, 4) is 0 Å². The van der Waals surface area contributed by atoms with E-state index in [-0.39, 0.29) is 17.9 Å². The van der Waals surface area contributed by atoms with Crippen LogP contribution in [0.3, 0.4) is 0 Å². The van der Waals surface area contributed by atoms with Crippen LogP contribution in [-0.2, 0) is 4.74 Å². The first kappa shape index (κ1) is 17.0. The van der Waals surface area contributed by atoms with Gasteiger partial charge < -0.3 is 10.1 Å². The molecule has 0 amide bonds. The summed E-state index contributed by atoms with van der Waals surface area (Å²) in [6.07, 6.45) is 1.14. The molecule has 0 aliphatic rings. The van der Waals surface area contributed by atoms with E-state index in [0.29, 0.717) is 22.4 Å². The fourth-order valence-electron chi connectivity index (χ4n) is 1.68. The van der Waals surface area contributed by atoms with E-state index in [4.69, 9.17) is 27.9 Å². The van der Waals surface area contributed by atoms with Gasteiger partial charge in [-0.25, -0.2) is 9.78 Å². The van der Waals surface area contributed by atoms with E-state index in [1.807, 2.05) is 0 Å². The third kappa shape index (κ3) is 5.08. The number of rotatable bonds is 6. The Morgan fingerprint density at radius 2 is 1.96 bits per heavy atom. The summed E-state index contributed by atoms with van der Waals surface area (Å²) in [7, 11) is 0. The highest BCUT2D eigenvalue weighted by atomic mass is 35.5. The molecular weight excluding hydrogens is 345 g/mol. The molecule has 0 atom stereocenters. The molecular formula is C14H11Cl2N3O4. The minimum atomic E-state index is -0.548. The van der Waals surface area contributed by atoms with Gasteiger partial charge in [0.1, 0.15) is 18.6 Å². The van der Waals surface area contributed by atoms with Crippen LogP contribution in [0.4, 0.5) is 11.5 Å². The van der Waals surface area contributed by atoms with Crippen LogP contribution in [0.15, 0.2) is 36.5 Å². The smallest absolute Gasteiger partial charge is 0.338 e. The van der Waals surface area contributed by atoms with E-state index < -0.39 is 10.9 Å². The molecule has 0 spiro atoms. The van der Waals surface area contributed by atoms with Gasteiger partial charge in [-0.05, 0) is 24.3 Å². The quantitative estimate of drug-likeness (QED) is 0.368. The predicted molar refractivity (Wildman–Crippen MR) is 86.1 cm³/mol. The molecule has 7 nitrogen and oxygen atoms in total. The van der Waals surface area contributed by atoms with Crippen LogP contribution >= 0.6 is 23.2 Å². The monoisotopic (exact) mass is 355 g/mol. The Balaban J connectivity index is 1.80. The predicted octanol–water partition coefficient (Wildman–Crippen LogP) is 3.57. The van der Waals surface area contributed by atoms with Gasteiger partial charge in [0.05, 0.1) is 17.0 Å². The van der Waals surface area contributed by atoms with Crippen LogP contribution in [0, 0.1) is 10.1 Å². The van der Waals surface area contributed by atoms with Crippen molar-refractivity contribution in [1.82, 2.24) is 4.98 Å². The number of anilines is 1. The molecule has 0 saturated heterocycles. The average Bonchev–Trinajstić information content (AvgIpc) is 2.50. The van der Waals surface area contributed by atoms with Crippen molar-refractivity contribution in [3.05, 3.63) is 62.3 Å². The van der Waals surface area contributed by atoms with Crippen molar-refractivity contribution in [1.29, 1.82) is 0 Å². The van der Waals surface area contributed by atoms with E-state index in [1.165, 1.54) is 30.3 Å². The van der Waals surface area contributed by atoms with Gasteiger partial charge in [-0.2, -0.15) is 0 Å². The van der Waals surface area contributed by atoms with Crippen molar-refractivity contribution < 1.29 is 14.5 Å². The van der Waals surface area contributed by atoms with E-state index in [1.54, 1.807) is 0 Å². The van der Waals surface area contributed by atoms with Gasteiger partial charge in [-0.3, -0.25) is 10.1 Å². The molecule has 0 unspecified atom stereocenters. The summed E-state index contributed by atoms with van der Waals surface area (Å²) in [5.41, 5.74) is 0.163. The number of hydrogen-bond donors (Lipinski definition) is 1. The standard InChI is InChI=1S/C14H11Cl2N3O4/c15-10-5-9(6-11(16)7-10)14(20)23-4-3-17-13-2-1-12(8-18-13)19(21)22/h1-2,5-8H,3-4H2,(H,17,18). The van der Waals surface area contributed by atoms with Crippen LogP contribution in [0.2, 0.25) is 10.0 Å². The van der Waals surface area contributed by atoms with Gasteiger partial charge >= 0.3 is 5.97 Å². The fraction of sp³-hybridized carbons (Fsp3) is 0.143. The Morgan fingerprint density at radius 1 is 1.26 bits per heavy atom. The molecule has 2 rings (SSSR count). The maximum absolute atomic E-state index is 11.8. The number of esters is 1. The average molecular weight is 356 g/mol. The van der Waals surface area contributed by atoms with Crippen molar-refractivity contribution in [2.45, 2.75) is 0 Å². The van der Waals surface area contributed by atoms with Crippen molar-refractivity contribution in [3.63, 3.8) is 0 Å². The molecule has 1 aromatic heterocycles. The van der Waals surface area contributed by atoms with Crippen molar-refractivity contribution >= 4 is 40.7 Å². The van der Waals surface area contributed by atoms with Gasteiger partial charge in [-0.15, -0.1) is 0 Å². The number of nitro groups is 1. The fourth-order valence-corrected chi connectivity index (χ4v) is 2.20. The van der Waals surface area contributed by atoms with Gasteiger partial charge in [0, 0.05) is 16.1 Å². The normalized spacial score (nSPS) is 10.2. The Morgan fingerprint density at radius 3 is 2.52 bits per heavy atom. The zero-order chi connectivity index (χ0) is 16.8. The number of halogens is 2. The molecule has 1 aromatic carbocycles.